The first kappa shape index (κ1) is 13.9. The molecule has 0 fully saturated rings. The minimum Gasteiger partial charge on any atom is -0.395 e. The standard InChI is InChI=1S/C12H19NO4/c1-13(6-7-14)10-4-2-9(3-5-10)12(17)11(16)8-15/h2-5,11-12,14-17H,6-8H2,1H3. The van der Waals surface area contributed by atoms with Crippen LogP contribution in [-0.4, -0.2) is 53.3 Å². The molecule has 0 aliphatic carbocycles. The molecule has 0 aromatic heterocycles. The molecule has 96 valence electrons. The quantitative estimate of drug-likeness (QED) is 0.540. The van der Waals surface area contributed by atoms with Crippen molar-refractivity contribution in [2.24, 2.45) is 0 Å². The van der Waals surface area contributed by atoms with Crippen LogP contribution in [0.1, 0.15) is 11.7 Å². The van der Waals surface area contributed by atoms with Crippen molar-refractivity contribution in [1.29, 1.82) is 0 Å². The van der Waals surface area contributed by atoms with Crippen molar-refractivity contribution < 1.29 is 20.4 Å². The van der Waals surface area contributed by atoms with Gasteiger partial charge in [-0.3, -0.25) is 0 Å². The highest BCUT2D eigenvalue weighted by atomic mass is 16.4. The summed E-state index contributed by atoms with van der Waals surface area (Å²) in [5, 5.41) is 36.5. The van der Waals surface area contributed by atoms with Crippen LogP contribution in [0.5, 0.6) is 0 Å². The monoisotopic (exact) mass is 241 g/mol. The summed E-state index contributed by atoms with van der Waals surface area (Å²) in [6, 6.07) is 6.95. The van der Waals surface area contributed by atoms with Gasteiger partial charge in [0.25, 0.3) is 0 Å². The van der Waals surface area contributed by atoms with E-state index in [2.05, 4.69) is 0 Å². The van der Waals surface area contributed by atoms with Crippen molar-refractivity contribution in [3.05, 3.63) is 29.8 Å². The molecule has 5 heteroatoms. The average molecular weight is 241 g/mol. The number of aliphatic hydroxyl groups excluding tert-OH is 4. The van der Waals surface area contributed by atoms with E-state index in [0.717, 1.165) is 5.69 Å². The average Bonchev–Trinajstić information content (AvgIpc) is 2.37. The van der Waals surface area contributed by atoms with E-state index in [1.54, 1.807) is 24.3 Å². The number of nitrogens with zero attached hydrogens (tertiary/aromatic N) is 1. The topological polar surface area (TPSA) is 84.2 Å². The highest BCUT2D eigenvalue weighted by molar-refractivity contribution is 5.47. The molecule has 17 heavy (non-hydrogen) atoms. The molecular weight excluding hydrogens is 222 g/mol. The minimum absolute atomic E-state index is 0.0735. The minimum atomic E-state index is -1.17. The molecule has 4 N–H and O–H groups in total. The molecule has 2 atom stereocenters. The van der Waals surface area contributed by atoms with Crippen molar-refractivity contribution in [1.82, 2.24) is 0 Å². The zero-order chi connectivity index (χ0) is 12.8. The van der Waals surface area contributed by atoms with Crippen molar-refractivity contribution >= 4 is 5.69 Å². The second-order valence-electron chi connectivity index (χ2n) is 3.93. The van der Waals surface area contributed by atoms with Crippen LogP contribution in [0.4, 0.5) is 5.69 Å². The number of likely N-dealkylation sites (N-methyl/N-ethyl adjacent to an activating group) is 1. The summed E-state index contributed by atoms with van der Waals surface area (Å²) >= 11 is 0. The fourth-order valence-electron chi connectivity index (χ4n) is 1.53. The summed E-state index contributed by atoms with van der Waals surface area (Å²) in [5.74, 6) is 0. The van der Waals surface area contributed by atoms with Gasteiger partial charge in [0.15, 0.2) is 0 Å². The lowest BCUT2D eigenvalue weighted by Gasteiger charge is -2.20. The van der Waals surface area contributed by atoms with Crippen molar-refractivity contribution in [2.75, 3.05) is 31.7 Å². The van der Waals surface area contributed by atoms with Gasteiger partial charge in [-0.2, -0.15) is 0 Å². The van der Waals surface area contributed by atoms with Crippen molar-refractivity contribution in [3.63, 3.8) is 0 Å². The Bertz CT molecular complexity index is 328. The highest BCUT2D eigenvalue weighted by Gasteiger charge is 2.17. The largest absolute Gasteiger partial charge is 0.395 e. The van der Waals surface area contributed by atoms with E-state index in [0.29, 0.717) is 12.1 Å². The molecule has 0 amide bonds. The first-order chi connectivity index (χ1) is 8.10. The Morgan fingerprint density at radius 3 is 2.18 bits per heavy atom. The first-order valence-corrected chi connectivity index (χ1v) is 5.49. The molecule has 0 aliphatic rings. The fraction of sp³-hybridized carbons (Fsp3) is 0.500. The van der Waals surface area contributed by atoms with Crippen LogP contribution in [0.3, 0.4) is 0 Å². The number of hydrogen-bond donors (Lipinski definition) is 4. The van der Waals surface area contributed by atoms with Gasteiger partial charge in [0, 0.05) is 19.3 Å². The van der Waals surface area contributed by atoms with Crippen LogP contribution in [0.25, 0.3) is 0 Å². The summed E-state index contributed by atoms with van der Waals surface area (Å²) in [5.41, 5.74) is 1.46. The molecule has 0 saturated carbocycles. The van der Waals surface area contributed by atoms with E-state index in [1.165, 1.54) is 0 Å². The highest BCUT2D eigenvalue weighted by Crippen LogP contribution is 2.20. The zero-order valence-corrected chi connectivity index (χ0v) is 9.82. The maximum absolute atomic E-state index is 9.66. The number of anilines is 1. The molecule has 5 nitrogen and oxygen atoms in total. The second kappa shape index (κ2) is 6.56. The predicted molar refractivity (Wildman–Crippen MR) is 64.9 cm³/mol. The van der Waals surface area contributed by atoms with Gasteiger partial charge in [0.05, 0.1) is 13.2 Å². The zero-order valence-electron chi connectivity index (χ0n) is 9.82. The normalized spacial score (nSPS) is 14.4. The molecule has 0 saturated heterocycles. The van der Waals surface area contributed by atoms with Gasteiger partial charge >= 0.3 is 0 Å². The van der Waals surface area contributed by atoms with E-state index in [-0.39, 0.29) is 6.61 Å². The Hall–Kier alpha value is -1.14. The number of aliphatic hydroxyl groups is 4. The summed E-state index contributed by atoms with van der Waals surface area (Å²) in [6.45, 7) is 0.124. The van der Waals surface area contributed by atoms with Gasteiger partial charge in [-0.25, -0.2) is 0 Å². The first-order valence-electron chi connectivity index (χ1n) is 5.49. The van der Waals surface area contributed by atoms with Crippen LogP contribution < -0.4 is 4.90 Å². The van der Waals surface area contributed by atoms with E-state index in [4.69, 9.17) is 10.2 Å². The number of hydrogen-bond acceptors (Lipinski definition) is 5. The molecule has 1 rings (SSSR count). The Kier molecular flexibility index (Phi) is 5.37. The van der Waals surface area contributed by atoms with Gasteiger partial charge in [0.2, 0.25) is 0 Å². The van der Waals surface area contributed by atoms with Crippen LogP contribution >= 0.6 is 0 Å². The SMILES string of the molecule is CN(CCO)c1ccc(C(O)C(O)CO)cc1. The fourth-order valence-corrected chi connectivity index (χ4v) is 1.53. The summed E-state index contributed by atoms with van der Waals surface area (Å²) in [6.07, 6.45) is -2.26. The van der Waals surface area contributed by atoms with Gasteiger partial charge in [0.1, 0.15) is 12.2 Å². The molecule has 0 heterocycles. The lowest BCUT2D eigenvalue weighted by Crippen LogP contribution is -2.23. The summed E-state index contributed by atoms with van der Waals surface area (Å²) in [7, 11) is 1.85. The molecule has 1 aromatic carbocycles. The molecule has 0 bridgehead atoms. The smallest absolute Gasteiger partial charge is 0.107 e. The van der Waals surface area contributed by atoms with Crippen LogP contribution in [0, 0.1) is 0 Å². The third-order valence-corrected chi connectivity index (χ3v) is 2.66. The van der Waals surface area contributed by atoms with Gasteiger partial charge in [-0.1, -0.05) is 12.1 Å². The van der Waals surface area contributed by atoms with E-state index >= 15 is 0 Å². The van der Waals surface area contributed by atoms with Crippen molar-refractivity contribution in [2.45, 2.75) is 12.2 Å². The lowest BCUT2D eigenvalue weighted by molar-refractivity contribution is -0.0152. The second-order valence-corrected chi connectivity index (χ2v) is 3.93. The molecule has 2 unspecified atom stereocenters. The third kappa shape index (κ3) is 3.67. The molecular formula is C12H19NO4. The van der Waals surface area contributed by atoms with Gasteiger partial charge in [-0.05, 0) is 17.7 Å². The van der Waals surface area contributed by atoms with E-state index in [1.807, 2.05) is 11.9 Å². The lowest BCUT2D eigenvalue weighted by atomic mass is 10.0. The summed E-state index contributed by atoms with van der Waals surface area (Å²) in [4.78, 5) is 1.87. The Morgan fingerprint density at radius 1 is 1.12 bits per heavy atom. The third-order valence-electron chi connectivity index (χ3n) is 2.66. The predicted octanol–water partition coefficient (Wildman–Crippen LogP) is -0.498. The molecule has 0 radical (unpaired) electrons. The van der Waals surface area contributed by atoms with Crippen LogP contribution in [-0.2, 0) is 0 Å². The number of rotatable bonds is 6. The van der Waals surface area contributed by atoms with E-state index < -0.39 is 18.8 Å². The molecule has 0 aliphatic heterocycles. The Morgan fingerprint density at radius 2 is 1.71 bits per heavy atom. The van der Waals surface area contributed by atoms with Crippen LogP contribution in [0.2, 0.25) is 0 Å². The maximum atomic E-state index is 9.66. The number of benzene rings is 1. The maximum Gasteiger partial charge on any atom is 0.107 e. The molecule has 0 spiro atoms. The summed E-state index contributed by atoms with van der Waals surface area (Å²) < 4.78 is 0. The van der Waals surface area contributed by atoms with Gasteiger partial charge in [-0.15, -0.1) is 0 Å². The molecule has 1 aromatic rings. The van der Waals surface area contributed by atoms with E-state index in [9.17, 15) is 10.2 Å². The Labute approximate surface area is 101 Å². The Balaban J connectivity index is 2.73. The van der Waals surface area contributed by atoms with Gasteiger partial charge < -0.3 is 25.3 Å². The van der Waals surface area contributed by atoms with Crippen LogP contribution in [0.15, 0.2) is 24.3 Å². The van der Waals surface area contributed by atoms with Crippen molar-refractivity contribution in [3.8, 4) is 0 Å².